The van der Waals surface area contributed by atoms with Crippen molar-refractivity contribution in [2.24, 2.45) is 4.99 Å². The topological polar surface area (TPSA) is 67.8 Å². The summed E-state index contributed by atoms with van der Waals surface area (Å²) in [5.74, 6) is 1.42. The number of halogens is 1. The predicted octanol–water partition coefficient (Wildman–Crippen LogP) is 3.80. The largest absolute Gasteiger partial charge is 0.475 e. The van der Waals surface area contributed by atoms with Gasteiger partial charge in [-0.05, 0) is 37.8 Å². The second-order valence-electron chi connectivity index (χ2n) is 6.61. The minimum Gasteiger partial charge on any atom is -0.475 e. The Morgan fingerprint density at radius 3 is 2.55 bits per heavy atom. The van der Waals surface area contributed by atoms with Gasteiger partial charge in [-0.25, -0.2) is 9.98 Å². The first-order valence-electron chi connectivity index (χ1n) is 9.86. The third-order valence-corrected chi connectivity index (χ3v) is 4.19. The van der Waals surface area contributed by atoms with Gasteiger partial charge in [0.2, 0.25) is 5.88 Å². The molecule has 2 rings (SSSR count). The summed E-state index contributed by atoms with van der Waals surface area (Å²) in [5.41, 5.74) is 2.39. The van der Waals surface area contributed by atoms with Crippen molar-refractivity contribution in [3.8, 4) is 5.88 Å². The second kappa shape index (κ2) is 15.0. The first kappa shape index (κ1) is 25.2. The molecule has 160 valence electrons. The van der Waals surface area contributed by atoms with Crippen LogP contribution in [0.1, 0.15) is 31.4 Å². The van der Waals surface area contributed by atoms with Crippen LogP contribution in [0.5, 0.6) is 5.88 Å². The van der Waals surface area contributed by atoms with Crippen molar-refractivity contribution < 1.29 is 9.47 Å². The zero-order valence-corrected chi connectivity index (χ0v) is 19.9. The number of benzene rings is 1. The van der Waals surface area contributed by atoms with Gasteiger partial charge in [-0.3, -0.25) is 0 Å². The summed E-state index contributed by atoms with van der Waals surface area (Å²) < 4.78 is 10.4. The fraction of sp³-hybridized carbons (Fsp3) is 0.455. The van der Waals surface area contributed by atoms with Crippen molar-refractivity contribution in [1.82, 2.24) is 15.6 Å². The molecule has 7 heteroatoms. The van der Waals surface area contributed by atoms with E-state index >= 15 is 0 Å². The maximum absolute atomic E-state index is 5.48. The van der Waals surface area contributed by atoms with Gasteiger partial charge in [0, 0.05) is 32.0 Å². The van der Waals surface area contributed by atoms with E-state index in [4.69, 9.17) is 9.47 Å². The van der Waals surface area contributed by atoms with E-state index in [2.05, 4.69) is 58.7 Å². The van der Waals surface area contributed by atoms with Crippen LogP contribution in [0.4, 0.5) is 0 Å². The van der Waals surface area contributed by atoms with Gasteiger partial charge in [-0.15, -0.1) is 24.0 Å². The number of pyridine rings is 1. The van der Waals surface area contributed by atoms with Crippen LogP contribution in [0.3, 0.4) is 0 Å². The number of nitrogens with one attached hydrogen (secondary N) is 2. The molecule has 0 aliphatic heterocycles. The van der Waals surface area contributed by atoms with E-state index in [0.717, 1.165) is 30.9 Å². The Hall–Kier alpha value is -1.87. The fourth-order valence-electron chi connectivity index (χ4n) is 2.64. The number of rotatable bonds is 11. The molecule has 2 N–H and O–H groups in total. The van der Waals surface area contributed by atoms with E-state index in [-0.39, 0.29) is 24.0 Å². The molecule has 0 aliphatic rings. The normalized spacial score (nSPS) is 12.0. The average Bonchev–Trinajstić information content (AvgIpc) is 2.72. The number of nitrogens with zero attached hydrogens (tertiary/aromatic N) is 2. The number of aromatic nitrogens is 1. The van der Waals surface area contributed by atoms with Crippen LogP contribution in [0, 0.1) is 0 Å². The number of aliphatic imine (C=N–C) groups is 1. The van der Waals surface area contributed by atoms with Crippen molar-refractivity contribution in [3.63, 3.8) is 0 Å². The number of guanidine groups is 1. The van der Waals surface area contributed by atoms with E-state index in [9.17, 15) is 0 Å². The molecular weight excluding hydrogens is 479 g/mol. The highest BCUT2D eigenvalue weighted by molar-refractivity contribution is 14.0. The summed E-state index contributed by atoms with van der Waals surface area (Å²) in [6, 6.07) is 14.7. The molecule has 6 nitrogen and oxygen atoms in total. The summed E-state index contributed by atoms with van der Waals surface area (Å²) in [5, 5.41) is 6.79. The summed E-state index contributed by atoms with van der Waals surface area (Å²) in [7, 11) is 1.65. The van der Waals surface area contributed by atoms with E-state index in [1.54, 1.807) is 13.3 Å². The Morgan fingerprint density at radius 2 is 1.90 bits per heavy atom. The highest BCUT2D eigenvalue weighted by Gasteiger charge is 2.06. The molecule has 1 unspecified atom stereocenters. The number of ether oxygens (including phenoxy) is 2. The number of aryl methyl sites for hydroxylation is 1. The van der Waals surface area contributed by atoms with E-state index in [1.165, 1.54) is 5.56 Å². The number of methoxy groups -OCH3 is 1. The van der Waals surface area contributed by atoms with Crippen molar-refractivity contribution in [1.29, 1.82) is 0 Å². The minimum absolute atomic E-state index is 0. The van der Waals surface area contributed by atoms with Crippen LogP contribution in [-0.4, -0.2) is 43.9 Å². The SMILES string of the molecule is CCNC(=NCc1ccc(OCCOC)nc1)NC(C)CCc1ccccc1.I. The lowest BCUT2D eigenvalue weighted by atomic mass is 10.1. The summed E-state index contributed by atoms with van der Waals surface area (Å²) in [6.07, 6.45) is 3.89. The van der Waals surface area contributed by atoms with Crippen LogP contribution in [0.15, 0.2) is 53.7 Å². The third-order valence-electron chi connectivity index (χ3n) is 4.19. The highest BCUT2D eigenvalue weighted by atomic mass is 127. The molecule has 0 radical (unpaired) electrons. The third kappa shape index (κ3) is 10.5. The first-order valence-corrected chi connectivity index (χ1v) is 9.86. The standard InChI is InChI=1S/C22H32N4O2.HI/c1-4-23-22(26-18(2)10-11-19-8-6-5-7-9-19)25-17-20-12-13-21(24-16-20)28-15-14-27-3;/h5-9,12-13,16,18H,4,10-11,14-15,17H2,1-3H3,(H2,23,25,26);1H. The van der Waals surface area contributed by atoms with Gasteiger partial charge in [-0.2, -0.15) is 0 Å². The van der Waals surface area contributed by atoms with Crippen molar-refractivity contribution in [3.05, 3.63) is 59.8 Å². The Balaban J connectivity index is 0.00000420. The van der Waals surface area contributed by atoms with Gasteiger partial charge in [-0.1, -0.05) is 36.4 Å². The molecule has 0 amide bonds. The van der Waals surface area contributed by atoms with Crippen molar-refractivity contribution in [2.75, 3.05) is 26.9 Å². The smallest absolute Gasteiger partial charge is 0.213 e. The monoisotopic (exact) mass is 512 g/mol. The quantitative estimate of drug-likeness (QED) is 0.208. The van der Waals surface area contributed by atoms with Gasteiger partial charge in [0.1, 0.15) is 6.61 Å². The second-order valence-corrected chi connectivity index (χ2v) is 6.61. The predicted molar refractivity (Wildman–Crippen MR) is 129 cm³/mol. The summed E-state index contributed by atoms with van der Waals surface area (Å²) in [4.78, 5) is 8.99. The molecule has 0 aliphatic carbocycles. The zero-order valence-electron chi connectivity index (χ0n) is 17.6. The molecule has 1 heterocycles. The van der Waals surface area contributed by atoms with Crippen LogP contribution in [0.2, 0.25) is 0 Å². The number of hydrogen-bond donors (Lipinski definition) is 2. The lowest BCUT2D eigenvalue weighted by Crippen LogP contribution is -2.42. The van der Waals surface area contributed by atoms with Crippen LogP contribution in [0.25, 0.3) is 0 Å². The maximum atomic E-state index is 5.48. The maximum Gasteiger partial charge on any atom is 0.213 e. The average molecular weight is 512 g/mol. The molecule has 29 heavy (non-hydrogen) atoms. The fourth-order valence-corrected chi connectivity index (χ4v) is 2.64. The summed E-state index contributed by atoms with van der Waals surface area (Å²) in [6.45, 7) is 6.68. The van der Waals surface area contributed by atoms with Gasteiger partial charge >= 0.3 is 0 Å². The molecular formula is C22H33IN4O2. The van der Waals surface area contributed by atoms with Gasteiger partial charge in [0.15, 0.2) is 5.96 Å². The Kier molecular flexibility index (Phi) is 13.0. The lowest BCUT2D eigenvalue weighted by molar-refractivity contribution is 0.143. The molecule has 0 saturated carbocycles. The first-order chi connectivity index (χ1) is 13.7. The number of hydrogen-bond acceptors (Lipinski definition) is 4. The molecule has 0 spiro atoms. The van der Waals surface area contributed by atoms with Gasteiger partial charge < -0.3 is 20.1 Å². The Morgan fingerprint density at radius 1 is 1.10 bits per heavy atom. The van der Waals surface area contributed by atoms with Gasteiger partial charge in [0.25, 0.3) is 0 Å². The summed E-state index contributed by atoms with van der Waals surface area (Å²) >= 11 is 0. The van der Waals surface area contributed by atoms with Crippen molar-refractivity contribution in [2.45, 2.75) is 39.3 Å². The molecule has 1 aromatic carbocycles. The Labute approximate surface area is 191 Å². The molecule has 1 atom stereocenters. The van der Waals surface area contributed by atoms with Crippen LogP contribution < -0.4 is 15.4 Å². The lowest BCUT2D eigenvalue weighted by Gasteiger charge is -2.18. The molecule has 0 fully saturated rings. The highest BCUT2D eigenvalue weighted by Crippen LogP contribution is 2.09. The molecule has 0 saturated heterocycles. The molecule has 2 aromatic rings. The van der Waals surface area contributed by atoms with Crippen LogP contribution in [-0.2, 0) is 17.7 Å². The van der Waals surface area contributed by atoms with E-state index < -0.39 is 0 Å². The van der Waals surface area contributed by atoms with E-state index in [1.807, 2.05) is 18.2 Å². The molecule has 1 aromatic heterocycles. The van der Waals surface area contributed by atoms with Gasteiger partial charge in [0.05, 0.1) is 13.2 Å². The van der Waals surface area contributed by atoms with Crippen molar-refractivity contribution >= 4 is 29.9 Å². The Bertz CT molecular complexity index is 696. The van der Waals surface area contributed by atoms with Crippen LogP contribution >= 0.6 is 24.0 Å². The minimum atomic E-state index is 0. The molecule has 0 bridgehead atoms. The zero-order chi connectivity index (χ0) is 20.0. The van der Waals surface area contributed by atoms with E-state index in [0.29, 0.717) is 31.7 Å².